The van der Waals surface area contributed by atoms with Crippen LogP contribution in [-0.4, -0.2) is 57.0 Å². The Morgan fingerprint density at radius 1 is 1.38 bits per heavy atom. The Kier molecular flexibility index (Phi) is 8.49. The Balaban J connectivity index is 1.50. The molecule has 1 aliphatic heterocycles. The number of aromatic nitrogens is 1. The van der Waals surface area contributed by atoms with Crippen LogP contribution in [0.3, 0.4) is 0 Å². The molecule has 7 heteroatoms. The van der Waals surface area contributed by atoms with Crippen LogP contribution in [0.25, 0.3) is 0 Å². The molecule has 1 unspecified atom stereocenters. The second-order valence-corrected chi connectivity index (χ2v) is 7.28. The van der Waals surface area contributed by atoms with Gasteiger partial charge in [0.15, 0.2) is 5.96 Å². The molecule has 1 aliphatic rings. The van der Waals surface area contributed by atoms with Crippen molar-refractivity contribution in [2.75, 3.05) is 40.0 Å². The largest absolute Gasteiger partial charge is 0.379 e. The summed E-state index contributed by atoms with van der Waals surface area (Å²) in [6.45, 7) is 8.22. The standard InChI is InChI=1S/C17H30N4O2S/c1-13-14(2)24-16(21-13)7-9-20-17(18-3)19-8-5-10-22-12-15-6-4-11-23-15/h15H,4-12H2,1-3H3,(H2,18,19,20). The summed E-state index contributed by atoms with van der Waals surface area (Å²) >= 11 is 1.77. The van der Waals surface area contributed by atoms with E-state index in [0.29, 0.717) is 6.10 Å². The third-order valence-corrected chi connectivity index (χ3v) is 5.15. The van der Waals surface area contributed by atoms with Crippen molar-refractivity contribution in [3.05, 3.63) is 15.6 Å². The number of hydrogen-bond acceptors (Lipinski definition) is 5. The average molecular weight is 355 g/mol. The van der Waals surface area contributed by atoms with E-state index in [4.69, 9.17) is 9.47 Å². The Morgan fingerprint density at radius 2 is 2.21 bits per heavy atom. The van der Waals surface area contributed by atoms with Gasteiger partial charge in [0.25, 0.3) is 0 Å². The normalized spacial score (nSPS) is 18.1. The molecule has 0 spiro atoms. The summed E-state index contributed by atoms with van der Waals surface area (Å²) in [5.41, 5.74) is 1.14. The quantitative estimate of drug-likeness (QED) is 0.404. The first-order valence-corrected chi connectivity index (χ1v) is 9.57. The van der Waals surface area contributed by atoms with Gasteiger partial charge in [-0.3, -0.25) is 4.99 Å². The zero-order valence-electron chi connectivity index (χ0n) is 15.1. The van der Waals surface area contributed by atoms with E-state index in [1.807, 2.05) is 0 Å². The number of ether oxygens (including phenoxy) is 2. The van der Waals surface area contributed by atoms with Gasteiger partial charge in [-0.25, -0.2) is 4.98 Å². The molecule has 24 heavy (non-hydrogen) atoms. The van der Waals surface area contributed by atoms with Crippen molar-refractivity contribution in [3.63, 3.8) is 0 Å². The number of rotatable bonds is 9. The summed E-state index contributed by atoms with van der Waals surface area (Å²) in [4.78, 5) is 10.1. The maximum Gasteiger partial charge on any atom is 0.190 e. The average Bonchev–Trinajstić information content (AvgIpc) is 3.19. The second-order valence-electron chi connectivity index (χ2n) is 5.99. The molecule has 2 rings (SSSR count). The molecule has 6 nitrogen and oxygen atoms in total. The fourth-order valence-corrected chi connectivity index (χ4v) is 3.46. The van der Waals surface area contributed by atoms with E-state index in [0.717, 1.165) is 70.2 Å². The Labute approximate surface area is 149 Å². The Hall–Kier alpha value is -1.18. The first-order valence-electron chi connectivity index (χ1n) is 8.76. The van der Waals surface area contributed by atoms with E-state index < -0.39 is 0 Å². The molecule has 0 aliphatic carbocycles. The smallest absolute Gasteiger partial charge is 0.190 e. The van der Waals surface area contributed by atoms with Gasteiger partial charge >= 0.3 is 0 Å². The van der Waals surface area contributed by atoms with Crippen molar-refractivity contribution >= 4 is 17.3 Å². The van der Waals surface area contributed by atoms with E-state index in [2.05, 4.69) is 34.5 Å². The van der Waals surface area contributed by atoms with Gasteiger partial charge < -0.3 is 20.1 Å². The fourth-order valence-electron chi connectivity index (χ4n) is 2.53. The van der Waals surface area contributed by atoms with Gasteiger partial charge in [0.1, 0.15) is 0 Å². The predicted octanol–water partition coefficient (Wildman–Crippen LogP) is 2.05. The van der Waals surface area contributed by atoms with Crippen LogP contribution in [0.15, 0.2) is 4.99 Å². The highest BCUT2D eigenvalue weighted by atomic mass is 32.1. The molecule has 0 aromatic carbocycles. The lowest BCUT2D eigenvalue weighted by atomic mass is 10.2. The molecule has 1 fully saturated rings. The molecule has 1 aromatic heterocycles. The zero-order chi connectivity index (χ0) is 17.2. The molecule has 0 saturated carbocycles. The summed E-state index contributed by atoms with van der Waals surface area (Å²) < 4.78 is 11.2. The highest BCUT2D eigenvalue weighted by molar-refractivity contribution is 7.11. The lowest BCUT2D eigenvalue weighted by Gasteiger charge is -2.12. The number of hydrogen-bond donors (Lipinski definition) is 2. The molecular weight excluding hydrogens is 324 g/mol. The molecule has 1 atom stereocenters. The Morgan fingerprint density at radius 3 is 2.88 bits per heavy atom. The summed E-state index contributed by atoms with van der Waals surface area (Å²) in [5.74, 6) is 0.833. The van der Waals surface area contributed by atoms with Gasteiger partial charge in [-0.15, -0.1) is 11.3 Å². The van der Waals surface area contributed by atoms with E-state index in [1.54, 1.807) is 18.4 Å². The van der Waals surface area contributed by atoms with Crippen LogP contribution in [0.1, 0.15) is 34.8 Å². The summed E-state index contributed by atoms with van der Waals surface area (Å²) in [6.07, 6.45) is 4.48. The lowest BCUT2D eigenvalue weighted by Crippen LogP contribution is -2.39. The van der Waals surface area contributed by atoms with E-state index >= 15 is 0 Å². The molecule has 1 saturated heterocycles. The number of aliphatic imine (C=N–C) groups is 1. The number of thiazole rings is 1. The summed E-state index contributed by atoms with van der Waals surface area (Å²) in [5, 5.41) is 7.81. The summed E-state index contributed by atoms with van der Waals surface area (Å²) in [7, 11) is 1.79. The van der Waals surface area contributed by atoms with Crippen LogP contribution in [0.5, 0.6) is 0 Å². The van der Waals surface area contributed by atoms with Gasteiger partial charge in [-0.1, -0.05) is 0 Å². The van der Waals surface area contributed by atoms with Crippen LogP contribution in [0.2, 0.25) is 0 Å². The minimum absolute atomic E-state index is 0.311. The minimum Gasteiger partial charge on any atom is -0.379 e. The van der Waals surface area contributed by atoms with Crippen molar-refractivity contribution < 1.29 is 9.47 Å². The number of guanidine groups is 1. The van der Waals surface area contributed by atoms with Crippen LogP contribution in [0.4, 0.5) is 0 Å². The highest BCUT2D eigenvalue weighted by Gasteiger charge is 2.14. The van der Waals surface area contributed by atoms with Crippen LogP contribution < -0.4 is 10.6 Å². The molecular formula is C17H30N4O2S. The van der Waals surface area contributed by atoms with Gasteiger partial charge in [0, 0.05) is 44.6 Å². The topological polar surface area (TPSA) is 67.8 Å². The van der Waals surface area contributed by atoms with Crippen molar-refractivity contribution in [1.29, 1.82) is 0 Å². The van der Waals surface area contributed by atoms with Crippen LogP contribution >= 0.6 is 11.3 Å². The molecule has 2 N–H and O–H groups in total. The molecule has 0 bridgehead atoms. The Bertz CT molecular complexity index is 493. The zero-order valence-corrected chi connectivity index (χ0v) is 15.9. The molecule has 136 valence electrons. The maximum atomic E-state index is 5.65. The van der Waals surface area contributed by atoms with Gasteiger partial charge in [-0.2, -0.15) is 0 Å². The first kappa shape index (κ1) is 19.1. The van der Waals surface area contributed by atoms with Crippen molar-refractivity contribution in [3.8, 4) is 0 Å². The SMILES string of the molecule is CN=C(NCCCOCC1CCCO1)NCCc1nc(C)c(C)s1. The van der Waals surface area contributed by atoms with E-state index in [1.165, 1.54) is 9.88 Å². The van der Waals surface area contributed by atoms with Crippen LogP contribution in [0, 0.1) is 13.8 Å². The fraction of sp³-hybridized carbons (Fsp3) is 0.765. The monoisotopic (exact) mass is 354 g/mol. The molecule has 0 radical (unpaired) electrons. The minimum atomic E-state index is 0.311. The molecule has 2 heterocycles. The highest BCUT2D eigenvalue weighted by Crippen LogP contribution is 2.16. The molecule has 1 aromatic rings. The lowest BCUT2D eigenvalue weighted by molar-refractivity contribution is 0.0168. The van der Waals surface area contributed by atoms with Crippen molar-refractivity contribution in [2.45, 2.75) is 45.6 Å². The third kappa shape index (κ3) is 6.75. The first-order chi connectivity index (χ1) is 11.7. The van der Waals surface area contributed by atoms with Gasteiger partial charge in [0.2, 0.25) is 0 Å². The van der Waals surface area contributed by atoms with E-state index in [9.17, 15) is 0 Å². The van der Waals surface area contributed by atoms with Gasteiger partial charge in [-0.05, 0) is 33.1 Å². The van der Waals surface area contributed by atoms with Gasteiger partial charge in [0.05, 0.1) is 23.4 Å². The molecule has 0 amide bonds. The van der Waals surface area contributed by atoms with Crippen LogP contribution in [-0.2, 0) is 15.9 Å². The third-order valence-electron chi connectivity index (χ3n) is 4.01. The summed E-state index contributed by atoms with van der Waals surface area (Å²) in [6, 6.07) is 0. The second kappa shape index (κ2) is 10.6. The number of nitrogens with zero attached hydrogens (tertiary/aromatic N) is 2. The predicted molar refractivity (Wildman–Crippen MR) is 99.1 cm³/mol. The van der Waals surface area contributed by atoms with Crippen molar-refractivity contribution in [1.82, 2.24) is 15.6 Å². The number of aryl methyl sites for hydroxylation is 2. The maximum absolute atomic E-state index is 5.65. The van der Waals surface area contributed by atoms with Crippen molar-refractivity contribution in [2.24, 2.45) is 4.99 Å². The van der Waals surface area contributed by atoms with E-state index in [-0.39, 0.29) is 0 Å². The number of nitrogens with one attached hydrogen (secondary N) is 2.